The average Bonchev–Trinajstić information content (AvgIpc) is 3.36. The molecule has 0 saturated carbocycles. The maximum absolute atomic E-state index is 9.34. The van der Waals surface area contributed by atoms with E-state index in [0.717, 1.165) is 34.7 Å². The van der Waals surface area contributed by atoms with Crippen molar-refractivity contribution in [2.24, 2.45) is 10.8 Å². The summed E-state index contributed by atoms with van der Waals surface area (Å²) in [6.07, 6.45) is 2.08. The van der Waals surface area contributed by atoms with Crippen LogP contribution in [0.2, 0.25) is 0 Å². The van der Waals surface area contributed by atoms with E-state index in [0.29, 0.717) is 0 Å². The summed E-state index contributed by atoms with van der Waals surface area (Å²) in [4.78, 5) is 12.6. The molecule has 0 N–H and O–H groups in total. The van der Waals surface area contributed by atoms with Gasteiger partial charge >= 0.3 is 0 Å². The molecule has 0 saturated heterocycles. The number of fused-ring (bicyclic) bond motifs is 5. The van der Waals surface area contributed by atoms with Gasteiger partial charge in [0.15, 0.2) is 0 Å². The fraction of sp³-hybridized carbons (Fsp3) is 0.364. The molecule has 0 bridgehead atoms. The molecular weight excluding hydrogens is 517 g/mol. The Labute approximate surface area is 239 Å². The van der Waals surface area contributed by atoms with Crippen LogP contribution in [0.15, 0.2) is 46.2 Å². The van der Waals surface area contributed by atoms with Crippen LogP contribution in [-0.2, 0) is 12.8 Å². The van der Waals surface area contributed by atoms with E-state index in [-0.39, 0.29) is 16.7 Å². The molecule has 6 heteroatoms. The third-order valence-electron chi connectivity index (χ3n) is 7.14. The quantitative estimate of drug-likeness (QED) is 0.220. The molecule has 1 aliphatic heterocycles. The molecule has 4 nitrogen and oxygen atoms in total. The SMILES string of the molecule is Cc1nc(C#N)nc(C)c1-c1cc2c(s1)-n1c3ccc(CC(C)(C)C)cc3c3cc(CC(C)(C)C)cc(c31)S2. The summed E-state index contributed by atoms with van der Waals surface area (Å²) in [5.41, 5.74) is 8.52. The second kappa shape index (κ2) is 8.94. The van der Waals surface area contributed by atoms with Gasteiger partial charge in [0.2, 0.25) is 5.82 Å². The largest absolute Gasteiger partial charge is 0.299 e. The zero-order valence-electron chi connectivity index (χ0n) is 24.0. The molecule has 39 heavy (non-hydrogen) atoms. The minimum absolute atomic E-state index is 0.209. The first-order chi connectivity index (χ1) is 18.3. The van der Waals surface area contributed by atoms with Crippen molar-refractivity contribution in [1.29, 1.82) is 5.26 Å². The van der Waals surface area contributed by atoms with Crippen molar-refractivity contribution < 1.29 is 0 Å². The van der Waals surface area contributed by atoms with Crippen molar-refractivity contribution in [3.63, 3.8) is 0 Å². The van der Waals surface area contributed by atoms with Gasteiger partial charge in [-0.15, -0.1) is 11.3 Å². The zero-order valence-corrected chi connectivity index (χ0v) is 25.6. The van der Waals surface area contributed by atoms with Gasteiger partial charge in [-0.1, -0.05) is 59.4 Å². The molecular formula is C33H34N4S2. The van der Waals surface area contributed by atoms with E-state index >= 15 is 0 Å². The first-order valence-corrected chi connectivity index (χ1v) is 15.1. The van der Waals surface area contributed by atoms with Crippen molar-refractivity contribution in [2.75, 3.05) is 0 Å². The smallest absolute Gasteiger partial charge is 0.232 e. The van der Waals surface area contributed by atoms with Gasteiger partial charge in [-0.2, -0.15) is 5.26 Å². The molecule has 4 heterocycles. The van der Waals surface area contributed by atoms with Crippen molar-refractivity contribution in [1.82, 2.24) is 14.5 Å². The van der Waals surface area contributed by atoms with Crippen molar-refractivity contribution in [3.05, 3.63) is 64.7 Å². The Bertz CT molecular complexity index is 1810. The van der Waals surface area contributed by atoms with E-state index < -0.39 is 0 Å². The summed E-state index contributed by atoms with van der Waals surface area (Å²) in [5.74, 6) is 0.229. The fourth-order valence-electron chi connectivity index (χ4n) is 5.90. The number of nitriles is 1. The highest BCUT2D eigenvalue weighted by molar-refractivity contribution is 8.00. The van der Waals surface area contributed by atoms with Crippen LogP contribution in [0.5, 0.6) is 0 Å². The highest BCUT2D eigenvalue weighted by atomic mass is 32.2. The van der Waals surface area contributed by atoms with E-state index in [1.54, 1.807) is 11.3 Å². The number of hydrogen-bond acceptors (Lipinski definition) is 5. The Morgan fingerprint density at radius 3 is 2.10 bits per heavy atom. The first-order valence-electron chi connectivity index (χ1n) is 13.5. The van der Waals surface area contributed by atoms with Crippen LogP contribution in [0.1, 0.15) is 69.9 Å². The van der Waals surface area contributed by atoms with Gasteiger partial charge in [-0.05, 0) is 79.0 Å². The molecule has 2 aromatic carbocycles. The van der Waals surface area contributed by atoms with Crippen molar-refractivity contribution in [3.8, 4) is 21.5 Å². The molecule has 0 radical (unpaired) electrons. The third kappa shape index (κ3) is 4.66. The fourth-order valence-corrected chi connectivity index (χ4v) is 8.55. The predicted octanol–water partition coefficient (Wildman–Crippen LogP) is 9.43. The number of aromatic nitrogens is 3. The van der Waals surface area contributed by atoms with Gasteiger partial charge in [0.25, 0.3) is 0 Å². The normalized spacial score (nSPS) is 13.2. The Hall–Kier alpha value is -3.14. The van der Waals surface area contributed by atoms with Crippen molar-refractivity contribution in [2.45, 2.75) is 78.0 Å². The minimum Gasteiger partial charge on any atom is -0.299 e. The standard InChI is InChI=1S/C33H34N4S2/c1-18-29(19(2)36-28(17-34)35-18)25-14-27-31(39-25)37-24-10-9-20(15-32(3,4)5)11-22(24)23-12-21(16-33(6,7)8)13-26(38-27)30(23)37/h9-14H,15-16H2,1-8H3. The van der Waals surface area contributed by atoms with Gasteiger partial charge in [0.05, 0.1) is 22.4 Å². The Morgan fingerprint density at radius 1 is 0.821 bits per heavy atom. The maximum Gasteiger partial charge on any atom is 0.232 e. The van der Waals surface area contributed by atoms with E-state index in [1.807, 2.05) is 25.6 Å². The molecule has 0 aliphatic carbocycles. The molecule has 5 aromatic rings. The molecule has 0 atom stereocenters. The summed E-state index contributed by atoms with van der Waals surface area (Å²) in [6, 6.07) is 16.3. The lowest BCUT2D eigenvalue weighted by molar-refractivity contribution is 0.411. The summed E-state index contributed by atoms with van der Waals surface area (Å²) in [6.45, 7) is 17.8. The lowest BCUT2D eigenvalue weighted by Crippen LogP contribution is -2.09. The van der Waals surface area contributed by atoms with Gasteiger partial charge in [-0.3, -0.25) is 4.57 Å². The van der Waals surface area contributed by atoms with Crippen LogP contribution in [0.3, 0.4) is 0 Å². The number of thiophene rings is 1. The molecule has 6 rings (SSSR count). The number of hydrogen-bond donors (Lipinski definition) is 0. The Balaban J connectivity index is 1.61. The van der Waals surface area contributed by atoms with Crippen LogP contribution in [0.4, 0.5) is 0 Å². The number of nitrogens with zero attached hydrogens (tertiary/aromatic N) is 4. The topological polar surface area (TPSA) is 54.5 Å². The van der Waals surface area contributed by atoms with Crippen LogP contribution >= 0.6 is 23.1 Å². The van der Waals surface area contributed by atoms with Gasteiger partial charge in [0, 0.05) is 31.0 Å². The number of benzene rings is 2. The van der Waals surface area contributed by atoms with E-state index in [9.17, 15) is 5.26 Å². The van der Waals surface area contributed by atoms with Crippen molar-refractivity contribution >= 4 is 44.9 Å². The van der Waals surface area contributed by atoms with Gasteiger partial charge in [-0.25, -0.2) is 9.97 Å². The highest BCUT2D eigenvalue weighted by Crippen LogP contribution is 2.52. The lowest BCUT2D eigenvalue weighted by Gasteiger charge is -2.21. The summed E-state index contributed by atoms with van der Waals surface area (Å²) in [5, 5.41) is 13.3. The minimum atomic E-state index is 0.209. The molecule has 0 fully saturated rings. The van der Waals surface area contributed by atoms with E-state index in [2.05, 4.69) is 98.5 Å². The lowest BCUT2D eigenvalue weighted by atomic mass is 9.87. The number of rotatable bonds is 3. The van der Waals surface area contributed by atoms with E-state index in [4.69, 9.17) is 0 Å². The molecule has 0 spiro atoms. The zero-order chi connectivity index (χ0) is 27.9. The van der Waals surface area contributed by atoms with Crippen LogP contribution in [-0.4, -0.2) is 14.5 Å². The monoisotopic (exact) mass is 550 g/mol. The summed E-state index contributed by atoms with van der Waals surface area (Å²) < 4.78 is 2.48. The second-order valence-electron chi connectivity index (χ2n) is 13.2. The first kappa shape index (κ1) is 26.1. The molecule has 0 amide bonds. The van der Waals surface area contributed by atoms with Gasteiger partial charge < -0.3 is 0 Å². The third-order valence-corrected chi connectivity index (χ3v) is 9.47. The number of aryl methyl sites for hydroxylation is 2. The maximum atomic E-state index is 9.34. The van der Waals surface area contributed by atoms with Crippen LogP contribution < -0.4 is 0 Å². The Kier molecular flexibility index (Phi) is 5.98. The predicted molar refractivity (Wildman–Crippen MR) is 164 cm³/mol. The Morgan fingerprint density at radius 2 is 1.46 bits per heavy atom. The van der Waals surface area contributed by atoms with Gasteiger partial charge in [0.1, 0.15) is 11.1 Å². The highest BCUT2D eigenvalue weighted by Gasteiger charge is 2.28. The summed E-state index contributed by atoms with van der Waals surface area (Å²) >= 11 is 3.67. The summed E-state index contributed by atoms with van der Waals surface area (Å²) in [7, 11) is 0. The molecule has 198 valence electrons. The van der Waals surface area contributed by atoms with Crippen LogP contribution in [0, 0.1) is 36.0 Å². The van der Waals surface area contributed by atoms with Crippen LogP contribution in [0.25, 0.3) is 37.2 Å². The molecule has 0 unspecified atom stereocenters. The van der Waals surface area contributed by atoms with E-state index in [1.165, 1.54) is 47.7 Å². The molecule has 3 aromatic heterocycles. The molecule has 1 aliphatic rings. The second-order valence-corrected chi connectivity index (χ2v) is 15.4. The average molecular weight is 551 g/mol.